The van der Waals surface area contributed by atoms with Crippen molar-refractivity contribution in [1.82, 2.24) is 30.0 Å². The van der Waals surface area contributed by atoms with Crippen LogP contribution in [0.3, 0.4) is 0 Å². The fourth-order valence-electron chi connectivity index (χ4n) is 6.37. The number of likely N-dealkylation sites (tertiary alicyclic amines) is 1. The van der Waals surface area contributed by atoms with Crippen LogP contribution in [0.1, 0.15) is 61.5 Å². The second kappa shape index (κ2) is 11.7. The van der Waals surface area contributed by atoms with Crippen molar-refractivity contribution >= 4 is 39.9 Å². The average molecular weight is 618 g/mol. The molecule has 12 heteroatoms. The van der Waals surface area contributed by atoms with Crippen molar-refractivity contribution in [3.05, 3.63) is 59.0 Å². The summed E-state index contributed by atoms with van der Waals surface area (Å²) in [5, 5.41) is 11.8. The summed E-state index contributed by atoms with van der Waals surface area (Å²) in [6, 6.07) is 9.87. The molecule has 0 atom stereocenters. The van der Waals surface area contributed by atoms with Crippen LogP contribution in [0.25, 0.3) is 27.5 Å². The molecule has 1 aliphatic carbocycles. The molecule has 1 saturated carbocycles. The number of ether oxygens (including phenoxy) is 1. The summed E-state index contributed by atoms with van der Waals surface area (Å²) >= 11 is 8.23. The smallest absolute Gasteiger partial charge is 0.251 e. The molecule has 1 saturated heterocycles. The molecule has 4 aromatic rings. The number of carbonyl (C=O) groups is 2. The van der Waals surface area contributed by atoms with Gasteiger partial charge in [-0.05, 0) is 81.9 Å². The number of fused-ring (bicyclic) bond motifs is 3. The maximum absolute atomic E-state index is 13.3. The third kappa shape index (κ3) is 5.52. The normalized spacial score (nSPS) is 19.8. The van der Waals surface area contributed by atoms with Crippen LogP contribution >= 0.6 is 22.9 Å². The summed E-state index contributed by atoms with van der Waals surface area (Å²) in [5.74, 6) is 0.263. The van der Waals surface area contributed by atoms with E-state index in [0.29, 0.717) is 50.3 Å². The standard InChI is InChI=1S/C31H32ClN7O3S/c1-18(40)34-31-36-24-17-42-28-26(20-5-4-12-33-16-20)37-39(27(28)29(24)43-31)25-11-6-19(15-23(25)32)30(41)35-21-7-9-22(10-8-21)38-13-2-3-14-38/h4-6,11-12,15-16,21-22H,2-3,7-10,13-14,17H2,1H3,(H,35,41)(H,34,36,40). The lowest BCUT2D eigenvalue weighted by molar-refractivity contribution is -0.114. The molecule has 7 rings (SSSR count). The highest BCUT2D eigenvalue weighted by Gasteiger charge is 2.33. The Hall–Kier alpha value is -3.80. The lowest BCUT2D eigenvalue weighted by Crippen LogP contribution is -2.43. The monoisotopic (exact) mass is 617 g/mol. The summed E-state index contributed by atoms with van der Waals surface area (Å²) in [4.78, 5) is 37.3. The number of anilines is 1. The van der Waals surface area contributed by atoms with Crippen molar-refractivity contribution in [3.63, 3.8) is 0 Å². The number of carbonyl (C=O) groups excluding carboxylic acids is 2. The maximum atomic E-state index is 13.3. The van der Waals surface area contributed by atoms with Crippen molar-refractivity contribution in [2.75, 3.05) is 18.4 Å². The number of hydrogen-bond donors (Lipinski definition) is 2. The highest BCUT2D eigenvalue weighted by Crippen LogP contribution is 2.48. The van der Waals surface area contributed by atoms with Gasteiger partial charge in [0.25, 0.3) is 5.91 Å². The van der Waals surface area contributed by atoms with Crippen LogP contribution in [0.5, 0.6) is 5.75 Å². The Morgan fingerprint density at radius 1 is 1.12 bits per heavy atom. The lowest BCUT2D eigenvalue weighted by atomic mass is 9.90. The van der Waals surface area contributed by atoms with E-state index in [1.54, 1.807) is 29.2 Å². The molecule has 0 unspecified atom stereocenters. The topological polar surface area (TPSA) is 114 Å². The molecule has 5 heterocycles. The van der Waals surface area contributed by atoms with Gasteiger partial charge in [0.1, 0.15) is 23.7 Å². The number of nitrogens with one attached hydrogen (secondary N) is 2. The van der Waals surface area contributed by atoms with Gasteiger partial charge in [0, 0.05) is 42.5 Å². The van der Waals surface area contributed by atoms with E-state index in [0.717, 1.165) is 36.1 Å². The quantitative estimate of drug-likeness (QED) is 0.285. The molecule has 2 N–H and O–H groups in total. The maximum Gasteiger partial charge on any atom is 0.251 e. The molecular formula is C31H32ClN7O3S. The van der Waals surface area contributed by atoms with Crippen LogP contribution in [0, 0.1) is 0 Å². The zero-order valence-corrected chi connectivity index (χ0v) is 25.4. The van der Waals surface area contributed by atoms with Crippen molar-refractivity contribution in [3.8, 4) is 33.3 Å². The number of pyridine rings is 1. The molecule has 2 amide bonds. The van der Waals surface area contributed by atoms with Crippen molar-refractivity contribution in [2.24, 2.45) is 0 Å². The minimum Gasteiger partial charge on any atom is -0.483 e. The predicted octanol–water partition coefficient (Wildman–Crippen LogP) is 5.70. The third-order valence-electron chi connectivity index (χ3n) is 8.45. The largest absolute Gasteiger partial charge is 0.483 e. The van der Waals surface area contributed by atoms with Crippen LogP contribution in [0.2, 0.25) is 5.02 Å². The fraction of sp³-hybridized carbons (Fsp3) is 0.387. The number of aromatic nitrogens is 4. The summed E-state index contributed by atoms with van der Waals surface area (Å²) < 4.78 is 7.92. The van der Waals surface area contributed by atoms with Gasteiger partial charge in [-0.25, -0.2) is 9.67 Å². The van der Waals surface area contributed by atoms with Gasteiger partial charge in [-0.15, -0.1) is 0 Å². The summed E-state index contributed by atoms with van der Waals surface area (Å²) in [6.45, 7) is 4.11. The van der Waals surface area contributed by atoms with E-state index in [2.05, 4.69) is 25.5 Å². The van der Waals surface area contributed by atoms with Crippen LogP contribution in [-0.4, -0.2) is 61.6 Å². The van der Waals surface area contributed by atoms with E-state index in [-0.39, 0.29) is 24.5 Å². The molecular weight excluding hydrogens is 586 g/mol. The molecule has 2 fully saturated rings. The zero-order valence-electron chi connectivity index (χ0n) is 23.8. The summed E-state index contributed by atoms with van der Waals surface area (Å²) in [7, 11) is 0. The number of halogens is 1. The zero-order chi connectivity index (χ0) is 29.5. The molecule has 2 aliphatic heterocycles. The highest BCUT2D eigenvalue weighted by molar-refractivity contribution is 7.19. The summed E-state index contributed by atoms with van der Waals surface area (Å²) in [6.07, 6.45) is 10.3. The van der Waals surface area contributed by atoms with E-state index in [9.17, 15) is 9.59 Å². The molecule has 43 heavy (non-hydrogen) atoms. The van der Waals surface area contributed by atoms with E-state index in [4.69, 9.17) is 21.4 Å². The Bertz CT molecular complexity index is 1670. The van der Waals surface area contributed by atoms with Gasteiger partial charge in [0.2, 0.25) is 5.91 Å². The van der Waals surface area contributed by atoms with Crippen LogP contribution in [0.15, 0.2) is 42.7 Å². The van der Waals surface area contributed by atoms with Crippen molar-refractivity contribution in [2.45, 2.75) is 64.1 Å². The Morgan fingerprint density at radius 3 is 2.65 bits per heavy atom. The first kappa shape index (κ1) is 28.0. The van der Waals surface area contributed by atoms with Crippen LogP contribution < -0.4 is 15.4 Å². The molecule has 3 aliphatic rings. The number of nitrogens with zero attached hydrogens (tertiary/aromatic N) is 5. The first-order valence-corrected chi connectivity index (χ1v) is 15.9. The second-order valence-electron chi connectivity index (χ2n) is 11.3. The predicted molar refractivity (Wildman–Crippen MR) is 166 cm³/mol. The van der Waals surface area contributed by atoms with Crippen LogP contribution in [-0.2, 0) is 11.4 Å². The minimum atomic E-state index is -0.201. The Morgan fingerprint density at radius 2 is 1.93 bits per heavy atom. The number of rotatable bonds is 6. The van der Waals surface area contributed by atoms with Gasteiger partial charge in [-0.3, -0.25) is 14.6 Å². The molecule has 0 spiro atoms. The first-order chi connectivity index (χ1) is 20.9. The van der Waals surface area contributed by atoms with Crippen molar-refractivity contribution in [1.29, 1.82) is 0 Å². The number of amides is 2. The molecule has 3 aromatic heterocycles. The second-order valence-corrected chi connectivity index (χ2v) is 12.7. The van der Waals surface area contributed by atoms with Crippen LogP contribution in [0.4, 0.5) is 5.13 Å². The first-order valence-electron chi connectivity index (χ1n) is 14.7. The Labute approximate surface area is 258 Å². The molecule has 0 radical (unpaired) electrons. The van der Waals surface area contributed by atoms with E-state index < -0.39 is 0 Å². The highest BCUT2D eigenvalue weighted by atomic mass is 35.5. The molecule has 222 valence electrons. The Kier molecular flexibility index (Phi) is 7.62. The lowest BCUT2D eigenvalue weighted by Gasteiger charge is -2.34. The van der Waals surface area contributed by atoms with E-state index in [1.807, 2.05) is 18.2 Å². The number of benzene rings is 1. The molecule has 0 bridgehead atoms. The molecule has 1 aromatic carbocycles. The van der Waals surface area contributed by atoms with Gasteiger partial charge >= 0.3 is 0 Å². The average Bonchev–Trinajstić information content (AvgIpc) is 3.76. The SMILES string of the molecule is CC(=O)Nc1nc2c(s1)-c1c(c(-c3cccnc3)nn1-c1ccc(C(=O)NC3CCC(N4CCCC4)CC3)cc1Cl)OC2. The Balaban J connectivity index is 1.17. The van der Waals surface area contributed by atoms with Crippen molar-refractivity contribution < 1.29 is 14.3 Å². The number of thiazole rings is 1. The van der Waals surface area contributed by atoms with Gasteiger partial charge in [-0.2, -0.15) is 5.10 Å². The van der Waals surface area contributed by atoms with E-state index in [1.165, 1.54) is 44.2 Å². The number of hydrogen-bond acceptors (Lipinski definition) is 8. The van der Waals surface area contributed by atoms with Gasteiger partial charge in [0.05, 0.1) is 15.6 Å². The molecule has 10 nitrogen and oxygen atoms in total. The van der Waals surface area contributed by atoms with Gasteiger partial charge in [0.15, 0.2) is 10.9 Å². The summed E-state index contributed by atoms with van der Waals surface area (Å²) in [5.41, 5.74) is 3.90. The minimum absolute atomic E-state index is 0.121. The fourth-order valence-corrected chi connectivity index (χ4v) is 7.67. The van der Waals surface area contributed by atoms with E-state index >= 15 is 0 Å². The third-order valence-corrected chi connectivity index (χ3v) is 9.78. The van der Waals surface area contributed by atoms with Gasteiger partial charge < -0.3 is 20.3 Å². The van der Waals surface area contributed by atoms with Gasteiger partial charge in [-0.1, -0.05) is 22.9 Å².